The van der Waals surface area contributed by atoms with E-state index in [4.69, 9.17) is 9.47 Å². The molecule has 27 heavy (non-hydrogen) atoms. The van der Waals surface area contributed by atoms with E-state index in [1.807, 2.05) is 6.92 Å². The van der Waals surface area contributed by atoms with Crippen molar-refractivity contribution in [2.75, 3.05) is 6.61 Å². The summed E-state index contributed by atoms with van der Waals surface area (Å²) in [6.45, 7) is 5.07. The number of ketones is 1. The van der Waals surface area contributed by atoms with Gasteiger partial charge in [0.15, 0.2) is 5.78 Å². The van der Waals surface area contributed by atoms with Crippen molar-refractivity contribution in [3.63, 3.8) is 0 Å². The molecular formula is C20H28O7. The minimum atomic E-state index is -0.531. The lowest BCUT2D eigenvalue weighted by molar-refractivity contribution is -0.146. The van der Waals surface area contributed by atoms with Crippen LogP contribution in [-0.2, 0) is 25.5 Å². The molecule has 0 radical (unpaired) electrons. The lowest BCUT2D eigenvalue weighted by Crippen LogP contribution is -2.12. The topological polar surface area (TPSA) is 110 Å². The monoisotopic (exact) mass is 380 g/mol. The molecule has 1 aromatic carbocycles. The van der Waals surface area contributed by atoms with E-state index in [2.05, 4.69) is 0 Å². The van der Waals surface area contributed by atoms with Crippen LogP contribution in [0.4, 0.5) is 0 Å². The van der Waals surface area contributed by atoms with Gasteiger partial charge < -0.3 is 19.7 Å². The van der Waals surface area contributed by atoms with Crippen molar-refractivity contribution >= 4 is 17.7 Å². The zero-order chi connectivity index (χ0) is 20.4. The minimum Gasteiger partial charge on any atom is -0.508 e. The largest absolute Gasteiger partial charge is 0.508 e. The number of hydrogen-bond donors (Lipinski definition) is 2. The molecule has 1 atom stereocenters. The van der Waals surface area contributed by atoms with Gasteiger partial charge in [-0.1, -0.05) is 6.42 Å². The number of carbonyl (C=O) groups is 3. The number of rotatable bonds is 11. The summed E-state index contributed by atoms with van der Waals surface area (Å²) in [7, 11) is 0. The zero-order valence-corrected chi connectivity index (χ0v) is 16.1. The predicted molar refractivity (Wildman–Crippen MR) is 98.8 cm³/mol. The number of Topliss-reactive ketones (excluding diaryl/α,β-unsaturated/α-hetero) is 1. The number of benzene rings is 1. The van der Waals surface area contributed by atoms with E-state index in [1.54, 1.807) is 6.92 Å². The molecule has 0 aliphatic heterocycles. The summed E-state index contributed by atoms with van der Waals surface area (Å²) in [6, 6.07) is 2.38. The van der Waals surface area contributed by atoms with Crippen LogP contribution in [0.5, 0.6) is 11.5 Å². The van der Waals surface area contributed by atoms with Gasteiger partial charge in [0.1, 0.15) is 11.5 Å². The minimum absolute atomic E-state index is 0.0501. The molecule has 0 bridgehead atoms. The molecule has 0 unspecified atom stereocenters. The molecule has 2 N–H and O–H groups in total. The molecule has 1 rings (SSSR count). The molecule has 0 saturated carbocycles. The van der Waals surface area contributed by atoms with Gasteiger partial charge in [-0.05, 0) is 44.7 Å². The van der Waals surface area contributed by atoms with Crippen LogP contribution in [0, 0.1) is 0 Å². The van der Waals surface area contributed by atoms with Gasteiger partial charge >= 0.3 is 11.9 Å². The van der Waals surface area contributed by atoms with E-state index in [0.29, 0.717) is 12.8 Å². The van der Waals surface area contributed by atoms with Crippen LogP contribution < -0.4 is 0 Å². The fourth-order valence-electron chi connectivity index (χ4n) is 2.86. The first-order valence-corrected chi connectivity index (χ1v) is 9.15. The number of hydrogen-bond acceptors (Lipinski definition) is 7. The standard InChI is InChI=1S/C20H28O7/c1-4-26-19(25)11-15-10-16(22)12-18(24)20(15)17(23)9-7-5-6-8-13(2)27-14(3)21/h10,12-13,22,24H,4-9,11H2,1-3H3/t13-/m0/s1. The maximum absolute atomic E-state index is 12.5. The first-order chi connectivity index (χ1) is 12.7. The fraction of sp³-hybridized carbons (Fsp3) is 0.550. The van der Waals surface area contributed by atoms with Crippen LogP contribution in [0.15, 0.2) is 12.1 Å². The number of esters is 2. The molecule has 150 valence electrons. The predicted octanol–water partition coefficient (Wildman–Crippen LogP) is 3.29. The Morgan fingerprint density at radius 2 is 1.81 bits per heavy atom. The molecule has 0 aromatic heterocycles. The van der Waals surface area contributed by atoms with Gasteiger partial charge in [-0.3, -0.25) is 14.4 Å². The van der Waals surface area contributed by atoms with E-state index in [1.165, 1.54) is 13.0 Å². The quantitative estimate of drug-likeness (QED) is 0.344. The number of phenolic OH excluding ortho intramolecular Hbond substituents is 2. The number of carbonyl (C=O) groups excluding carboxylic acids is 3. The Kier molecular flexibility index (Phi) is 9.33. The second-order valence-corrected chi connectivity index (χ2v) is 6.42. The van der Waals surface area contributed by atoms with E-state index >= 15 is 0 Å². The van der Waals surface area contributed by atoms with Crippen LogP contribution in [0.3, 0.4) is 0 Å². The lowest BCUT2D eigenvalue weighted by atomic mass is 9.96. The Bertz CT molecular complexity index is 667. The van der Waals surface area contributed by atoms with Gasteiger partial charge in [-0.2, -0.15) is 0 Å². The molecule has 0 amide bonds. The third-order valence-corrected chi connectivity index (χ3v) is 3.98. The summed E-state index contributed by atoms with van der Waals surface area (Å²) in [5, 5.41) is 19.7. The summed E-state index contributed by atoms with van der Waals surface area (Å²) in [5.41, 5.74) is 0.300. The number of unbranched alkanes of at least 4 members (excludes halogenated alkanes) is 2. The van der Waals surface area contributed by atoms with Crippen molar-refractivity contribution in [3.05, 3.63) is 23.3 Å². The van der Waals surface area contributed by atoms with Gasteiger partial charge in [0.2, 0.25) is 0 Å². The van der Waals surface area contributed by atoms with Gasteiger partial charge in [-0.15, -0.1) is 0 Å². The summed E-state index contributed by atoms with van der Waals surface area (Å²) in [5.74, 6) is -1.70. The third-order valence-electron chi connectivity index (χ3n) is 3.98. The molecule has 1 aromatic rings. The van der Waals surface area contributed by atoms with Gasteiger partial charge in [0, 0.05) is 19.4 Å². The molecule has 7 heteroatoms. The second kappa shape index (κ2) is 11.2. The van der Waals surface area contributed by atoms with Gasteiger partial charge in [0.05, 0.1) is 24.7 Å². The van der Waals surface area contributed by atoms with Crippen LogP contribution >= 0.6 is 0 Å². The smallest absolute Gasteiger partial charge is 0.310 e. The van der Waals surface area contributed by atoms with Crippen LogP contribution in [0.1, 0.15) is 68.8 Å². The average Bonchev–Trinajstić information content (AvgIpc) is 2.53. The maximum Gasteiger partial charge on any atom is 0.310 e. The highest BCUT2D eigenvalue weighted by Crippen LogP contribution is 2.29. The number of phenols is 2. The van der Waals surface area contributed by atoms with Crippen molar-refractivity contribution in [2.45, 2.75) is 65.4 Å². The van der Waals surface area contributed by atoms with Crippen molar-refractivity contribution in [3.8, 4) is 11.5 Å². The Hall–Kier alpha value is -2.57. The summed E-state index contributed by atoms with van der Waals surface area (Å²) >= 11 is 0. The molecule has 0 heterocycles. The molecule has 0 saturated heterocycles. The van der Waals surface area contributed by atoms with Gasteiger partial charge in [0.25, 0.3) is 0 Å². The summed E-state index contributed by atoms with van der Waals surface area (Å²) in [4.78, 5) is 35.1. The van der Waals surface area contributed by atoms with Gasteiger partial charge in [-0.25, -0.2) is 0 Å². The lowest BCUT2D eigenvalue weighted by Gasteiger charge is -2.12. The number of aromatic hydroxyl groups is 2. The van der Waals surface area contributed by atoms with Crippen molar-refractivity contribution in [2.24, 2.45) is 0 Å². The van der Waals surface area contributed by atoms with E-state index in [9.17, 15) is 24.6 Å². The molecule has 0 aliphatic rings. The highest BCUT2D eigenvalue weighted by molar-refractivity contribution is 6.01. The molecule has 0 aliphatic carbocycles. The van der Waals surface area contributed by atoms with Crippen LogP contribution in [0.25, 0.3) is 0 Å². The van der Waals surface area contributed by atoms with Crippen molar-refractivity contribution in [1.82, 2.24) is 0 Å². The Balaban J connectivity index is 2.63. The normalized spacial score (nSPS) is 11.7. The molecule has 0 fully saturated rings. The van der Waals surface area contributed by atoms with E-state index in [0.717, 1.165) is 18.9 Å². The first-order valence-electron chi connectivity index (χ1n) is 9.15. The SMILES string of the molecule is CCOC(=O)Cc1cc(O)cc(O)c1C(=O)CCCCC[C@H](C)OC(C)=O. The fourth-order valence-corrected chi connectivity index (χ4v) is 2.86. The second-order valence-electron chi connectivity index (χ2n) is 6.42. The van der Waals surface area contributed by atoms with Crippen LogP contribution in [0.2, 0.25) is 0 Å². The average molecular weight is 380 g/mol. The van der Waals surface area contributed by atoms with Crippen molar-refractivity contribution < 1.29 is 34.1 Å². The van der Waals surface area contributed by atoms with Crippen molar-refractivity contribution in [1.29, 1.82) is 0 Å². The Labute approximate surface area is 159 Å². The van der Waals surface area contributed by atoms with E-state index < -0.39 is 5.97 Å². The zero-order valence-electron chi connectivity index (χ0n) is 16.1. The maximum atomic E-state index is 12.5. The molecule has 0 spiro atoms. The Morgan fingerprint density at radius 3 is 2.44 bits per heavy atom. The highest BCUT2D eigenvalue weighted by Gasteiger charge is 2.20. The van der Waals surface area contributed by atoms with E-state index in [-0.39, 0.29) is 59.9 Å². The highest BCUT2D eigenvalue weighted by atomic mass is 16.5. The third kappa shape index (κ3) is 8.11. The number of ether oxygens (including phenoxy) is 2. The molecule has 7 nitrogen and oxygen atoms in total. The summed E-state index contributed by atoms with van der Waals surface area (Å²) < 4.78 is 9.91. The summed E-state index contributed by atoms with van der Waals surface area (Å²) in [6.07, 6.45) is 2.74. The first kappa shape index (κ1) is 22.5. The van der Waals surface area contributed by atoms with Crippen LogP contribution in [-0.4, -0.2) is 40.6 Å². The Morgan fingerprint density at radius 1 is 1.11 bits per heavy atom. The molecular weight excluding hydrogens is 352 g/mol.